The highest BCUT2D eigenvalue weighted by Gasteiger charge is 2.33. The minimum atomic E-state index is -3.60. The molecule has 0 unspecified atom stereocenters. The van der Waals surface area contributed by atoms with E-state index in [4.69, 9.17) is 9.88 Å². The van der Waals surface area contributed by atoms with Crippen LogP contribution in [0.15, 0.2) is 12.4 Å². The average Bonchev–Trinajstić information content (AvgIpc) is 2.96. The lowest BCUT2D eigenvalue weighted by Crippen LogP contribution is -2.38. The second kappa shape index (κ2) is 6.87. The number of nitrogens with two attached hydrogens (primary N) is 1. The van der Waals surface area contributed by atoms with Gasteiger partial charge in [0.1, 0.15) is 6.33 Å². The maximum Gasteiger partial charge on any atom is 0.237 e. The zero-order valence-corrected chi connectivity index (χ0v) is 16.3. The van der Waals surface area contributed by atoms with Gasteiger partial charge in [0, 0.05) is 11.0 Å². The van der Waals surface area contributed by atoms with Gasteiger partial charge in [-0.1, -0.05) is 34.6 Å². The Hall–Kier alpha value is -1.74. The summed E-state index contributed by atoms with van der Waals surface area (Å²) >= 11 is 0. The Morgan fingerprint density at radius 1 is 1.24 bits per heavy atom. The largest absolute Gasteiger partial charge is 0.476 e. The number of ether oxygens (including phenoxy) is 1. The Morgan fingerprint density at radius 2 is 1.88 bits per heavy atom. The van der Waals surface area contributed by atoms with Crippen LogP contribution in [0.2, 0.25) is 0 Å². The molecule has 9 heteroatoms. The average molecular weight is 369 g/mol. The predicted octanol–water partition coefficient (Wildman–Crippen LogP) is 1.90. The third-order valence-corrected chi connectivity index (χ3v) is 5.59. The van der Waals surface area contributed by atoms with Crippen LogP contribution in [-0.2, 0) is 15.4 Å². The molecule has 140 valence electrons. The molecule has 2 rings (SSSR count). The van der Waals surface area contributed by atoms with E-state index in [2.05, 4.69) is 36.0 Å². The number of sulfonamides is 1. The number of hydrogen-bond donors (Lipinski definition) is 1. The second-order valence-electron chi connectivity index (χ2n) is 7.52. The quantitative estimate of drug-likeness (QED) is 0.797. The van der Waals surface area contributed by atoms with Crippen LogP contribution in [0.5, 0.6) is 5.88 Å². The first-order chi connectivity index (χ1) is 11.5. The van der Waals surface area contributed by atoms with Gasteiger partial charge in [-0.25, -0.2) is 18.5 Å². The number of rotatable bonds is 7. The molecule has 0 bridgehead atoms. The molecule has 8 nitrogen and oxygen atoms in total. The summed E-state index contributed by atoms with van der Waals surface area (Å²) < 4.78 is 30.7. The van der Waals surface area contributed by atoms with Crippen molar-refractivity contribution in [3.05, 3.63) is 18.0 Å². The molecule has 0 fully saturated rings. The molecule has 0 radical (unpaired) electrons. The fourth-order valence-corrected chi connectivity index (χ4v) is 4.08. The Labute approximate surface area is 148 Å². The third-order valence-electron chi connectivity index (χ3n) is 4.58. The highest BCUT2D eigenvalue weighted by Crippen LogP contribution is 2.33. The van der Waals surface area contributed by atoms with Gasteiger partial charge >= 0.3 is 0 Å². The van der Waals surface area contributed by atoms with E-state index in [0.29, 0.717) is 24.4 Å². The molecule has 0 aliphatic carbocycles. The van der Waals surface area contributed by atoms with Crippen LogP contribution in [0, 0.1) is 5.41 Å². The van der Waals surface area contributed by atoms with Crippen molar-refractivity contribution in [1.82, 2.24) is 19.8 Å². The van der Waals surface area contributed by atoms with Gasteiger partial charge in [-0.3, -0.25) is 0 Å². The van der Waals surface area contributed by atoms with E-state index in [-0.39, 0.29) is 17.8 Å². The van der Waals surface area contributed by atoms with Crippen molar-refractivity contribution in [2.75, 3.05) is 12.4 Å². The van der Waals surface area contributed by atoms with Crippen molar-refractivity contribution in [3.8, 4) is 5.88 Å². The zero-order valence-electron chi connectivity index (χ0n) is 15.5. The highest BCUT2D eigenvalue weighted by atomic mass is 32.2. The molecule has 2 N–H and O–H groups in total. The summed E-state index contributed by atoms with van der Waals surface area (Å²) in [5.41, 5.74) is 0.766. The van der Waals surface area contributed by atoms with E-state index in [0.717, 1.165) is 5.56 Å². The minimum Gasteiger partial charge on any atom is -0.476 e. The van der Waals surface area contributed by atoms with E-state index in [9.17, 15) is 8.42 Å². The topological polar surface area (TPSA) is 112 Å². The zero-order chi connectivity index (χ0) is 18.9. The Kier molecular flexibility index (Phi) is 5.38. The first-order valence-corrected chi connectivity index (χ1v) is 10.1. The number of primary sulfonamides is 1. The fraction of sp³-hybridized carbons (Fsp3) is 0.688. The number of nitrogens with zero attached hydrogens (tertiary/aromatic N) is 4. The maximum absolute atomic E-state index is 11.6. The lowest BCUT2D eigenvalue weighted by Gasteiger charge is -2.31. The summed E-state index contributed by atoms with van der Waals surface area (Å²) in [6.45, 7) is 10.3. The predicted molar refractivity (Wildman–Crippen MR) is 96.0 cm³/mol. The monoisotopic (exact) mass is 369 g/mol. The highest BCUT2D eigenvalue weighted by molar-refractivity contribution is 7.89. The van der Waals surface area contributed by atoms with Gasteiger partial charge in [0.2, 0.25) is 15.9 Å². The van der Waals surface area contributed by atoms with Crippen LogP contribution < -0.4 is 9.88 Å². The van der Waals surface area contributed by atoms with Gasteiger partial charge in [0.05, 0.1) is 12.4 Å². The molecule has 0 aliphatic rings. The van der Waals surface area contributed by atoms with Crippen molar-refractivity contribution in [1.29, 1.82) is 0 Å². The Balaban J connectivity index is 2.38. The molecule has 0 spiro atoms. The van der Waals surface area contributed by atoms with Gasteiger partial charge in [-0.15, -0.1) is 14.8 Å². The SMILES string of the molecule is CCC(CC)(COc1nn2ncnc2cc1C(C)(C)C)CS(N)(=O)=O. The van der Waals surface area contributed by atoms with Crippen LogP contribution >= 0.6 is 0 Å². The molecular weight excluding hydrogens is 342 g/mol. The van der Waals surface area contributed by atoms with E-state index >= 15 is 0 Å². The van der Waals surface area contributed by atoms with E-state index < -0.39 is 15.4 Å². The Bertz CT molecular complexity index is 835. The lowest BCUT2D eigenvalue weighted by molar-refractivity contribution is 0.145. The normalized spacial score (nSPS) is 13.4. The molecule has 2 heterocycles. The van der Waals surface area contributed by atoms with Gasteiger partial charge in [0.15, 0.2) is 5.65 Å². The van der Waals surface area contributed by atoms with Crippen LogP contribution in [0.4, 0.5) is 0 Å². The maximum atomic E-state index is 11.6. The van der Waals surface area contributed by atoms with Crippen LogP contribution in [-0.4, -0.2) is 40.6 Å². The lowest BCUT2D eigenvalue weighted by atomic mass is 9.85. The third kappa shape index (κ3) is 4.66. The minimum absolute atomic E-state index is 0.122. The van der Waals surface area contributed by atoms with Gasteiger partial charge in [-0.05, 0) is 24.3 Å². The molecule has 2 aromatic rings. The summed E-state index contributed by atoms with van der Waals surface area (Å²) in [4.78, 5) is 4.16. The van der Waals surface area contributed by atoms with E-state index in [1.165, 1.54) is 11.0 Å². The first-order valence-electron chi connectivity index (χ1n) is 8.34. The van der Waals surface area contributed by atoms with Crippen LogP contribution in [0.1, 0.15) is 53.0 Å². The van der Waals surface area contributed by atoms with Gasteiger partial charge in [0.25, 0.3) is 0 Å². The summed E-state index contributed by atoms with van der Waals surface area (Å²) in [5.74, 6) is 0.315. The summed E-state index contributed by atoms with van der Waals surface area (Å²) in [6, 6.07) is 1.90. The molecule has 0 saturated heterocycles. The van der Waals surface area contributed by atoms with Crippen LogP contribution in [0.3, 0.4) is 0 Å². The van der Waals surface area contributed by atoms with Crippen LogP contribution in [0.25, 0.3) is 5.65 Å². The molecule has 25 heavy (non-hydrogen) atoms. The molecule has 2 aromatic heterocycles. The van der Waals surface area contributed by atoms with Crippen molar-refractivity contribution in [2.45, 2.75) is 52.9 Å². The molecule has 0 aliphatic heterocycles. The fourth-order valence-electron chi connectivity index (χ4n) is 2.74. The van der Waals surface area contributed by atoms with Crippen molar-refractivity contribution < 1.29 is 13.2 Å². The Morgan fingerprint density at radius 3 is 2.40 bits per heavy atom. The number of aromatic nitrogens is 4. The molecule has 0 amide bonds. The number of hydrogen-bond acceptors (Lipinski definition) is 6. The number of fused-ring (bicyclic) bond motifs is 1. The molecular formula is C16H27N5O3S. The smallest absolute Gasteiger partial charge is 0.237 e. The van der Waals surface area contributed by atoms with E-state index in [1.54, 1.807) is 0 Å². The van der Waals surface area contributed by atoms with E-state index in [1.807, 2.05) is 19.9 Å². The van der Waals surface area contributed by atoms with Gasteiger partial charge < -0.3 is 4.74 Å². The standard InChI is InChI=1S/C16H27N5O3S/c1-6-16(7-2,10-25(17,22)23)9-24-14-12(15(3,4)5)8-13-18-11-19-21(13)20-14/h8,11H,6-7,9-10H2,1-5H3,(H2,17,22,23). The van der Waals surface area contributed by atoms with Crippen molar-refractivity contribution in [2.24, 2.45) is 10.6 Å². The van der Waals surface area contributed by atoms with Gasteiger partial charge in [-0.2, -0.15) is 0 Å². The summed E-state index contributed by atoms with van der Waals surface area (Å²) in [5, 5.41) is 13.7. The van der Waals surface area contributed by atoms with Crippen molar-refractivity contribution in [3.63, 3.8) is 0 Å². The second-order valence-corrected chi connectivity index (χ2v) is 9.14. The summed E-state index contributed by atoms with van der Waals surface area (Å²) in [7, 11) is -3.60. The van der Waals surface area contributed by atoms with Crippen molar-refractivity contribution >= 4 is 15.7 Å². The molecule has 0 saturated carbocycles. The first kappa shape index (κ1) is 19.6. The molecule has 0 aromatic carbocycles. The summed E-state index contributed by atoms with van der Waals surface area (Å²) in [6.07, 6.45) is 2.70. The molecule has 0 atom stereocenters.